The maximum absolute atomic E-state index is 12.9. The maximum Gasteiger partial charge on any atom is 0.339 e. The van der Waals surface area contributed by atoms with E-state index in [1.807, 2.05) is 4.90 Å². The highest BCUT2D eigenvalue weighted by Gasteiger charge is 2.24. The third-order valence-corrected chi connectivity index (χ3v) is 5.10. The Hall–Kier alpha value is -3.56. The number of hydrogen-bond acceptors (Lipinski definition) is 6. The van der Waals surface area contributed by atoms with Crippen LogP contribution in [0.3, 0.4) is 0 Å². The summed E-state index contributed by atoms with van der Waals surface area (Å²) in [6.45, 7) is 4.19. The largest absolute Gasteiger partial charge is 0.462 e. The van der Waals surface area contributed by atoms with E-state index in [1.165, 1.54) is 6.20 Å². The number of fused-ring (bicyclic) bond motifs is 1. The second-order valence-electron chi connectivity index (χ2n) is 7.06. The lowest BCUT2D eigenvalue weighted by molar-refractivity contribution is 0.0525. The molecule has 1 amide bonds. The van der Waals surface area contributed by atoms with Crippen LogP contribution in [0, 0.1) is 0 Å². The summed E-state index contributed by atoms with van der Waals surface area (Å²) < 4.78 is 30.6. The van der Waals surface area contributed by atoms with Gasteiger partial charge in [0, 0.05) is 37.9 Å². The Balaban J connectivity index is 1.39. The average Bonchev–Trinajstić information content (AvgIpc) is 3.23. The fourth-order valence-electron chi connectivity index (χ4n) is 3.50. The molecule has 0 radical (unpaired) electrons. The molecule has 8 nitrogen and oxygen atoms in total. The molecule has 0 atom stereocenters. The van der Waals surface area contributed by atoms with E-state index in [4.69, 9.17) is 4.74 Å². The van der Waals surface area contributed by atoms with Crippen molar-refractivity contribution in [2.24, 2.45) is 0 Å². The number of carbonyl (C=O) groups is 2. The standard InChI is InChI=1S/C21H21F2N5O3/c1-2-31-21(30)14-4-6-17(24-12-14)27-7-9-28(10-8-27)20(29)13-3-5-15-16(11-13)26-19(25-15)18(22)23/h3-6,11-12,18H,2,7-10H2,1H3,(H,25,26). The Morgan fingerprint density at radius 3 is 2.52 bits per heavy atom. The van der Waals surface area contributed by atoms with Crippen LogP contribution in [0.25, 0.3) is 11.0 Å². The number of rotatable bonds is 5. The summed E-state index contributed by atoms with van der Waals surface area (Å²) in [6.07, 6.45) is -1.21. The molecule has 1 fully saturated rings. The number of imidazole rings is 1. The van der Waals surface area contributed by atoms with Crippen LogP contribution in [-0.2, 0) is 4.74 Å². The van der Waals surface area contributed by atoms with Crippen molar-refractivity contribution in [3.8, 4) is 0 Å². The lowest BCUT2D eigenvalue weighted by atomic mass is 10.1. The molecule has 1 saturated heterocycles. The molecule has 0 saturated carbocycles. The Bertz CT molecular complexity index is 1090. The number of halogens is 2. The van der Waals surface area contributed by atoms with Crippen LogP contribution in [-0.4, -0.2) is 64.5 Å². The fraction of sp³-hybridized carbons (Fsp3) is 0.333. The molecular formula is C21H21F2N5O3. The van der Waals surface area contributed by atoms with Gasteiger partial charge in [0.25, 0.3) is 12.3 Å². The van der Waals surface area contributed by atoms with Gasteiger partial charge in [-0.05, 0) is 37.3 Å². The number of aromatic nitrogens is 3. The number of nitrogens with zero attached hydrogens (tertiary/aromatic N) is 4. The minimum Gasteiger partial charge on any atom is -0.462 e. The highest BCUT2D eigenvalue weighted by molar-refractivity contribution is 5.97. The predicted molar refractivity (Wildman–Crippen MR) is 109 cm³/mol. The zero-order chi connectivity index (χ0) is 22.0. The van der Waals surface area contributed by atoms with E-state index in [-0.39, 0.29) is 5.91 Å². The summed E-state index contributed by atoms with van der Waals surface area (Å²) in [7, 11) is 0. The molecule has 2 aromatic heterocycles. The quantitative estimate of drug-likeness (QED) is 0.627. The van der Waals surface area contributed by atoms with Crippen molar-refractivity contribution in [2.45, 2.75) is 13.3 Å². The summed E-state index contributed by atoms with van der Waals surface area (Å²) in [5.41, 5.74) is 1.62. The van der Waals surface area contributed by atoms with Crippen LogP contribution in [0.5, 0.6) is 0 Å². The SMILES string of the molecule is CCOC(=O)c1ccc(N2CCN(C(=O)c3ccc4nc(C(F)F)[nH]c4c3)CC2)nc1. The summed E-state index contributed by atoms with van der Waals surface area (Å²) in [4.78, 5) is 39.1. The van der Waals surface area contributed by atoms with Crippen LogP contribution >= 0.6 is 0 Å². The van der Waals surface area contributed by atoms with Gasteiger partial charge in [0.05, 0.1) is 23.2 Å². The lowest BCUT2D eigenvalue weighted by Crippen LogP contribution is -2.49. The number of esters is 1. The number of carbonyl (C=O) groups excluding carboxylic acids is 2. The minimum absolute atomic E-state index is 0.166. The Morgan fingerprint density at radius 1 is 1.13 bits per heavy atom. The van der Waals surface area contributed by atoms with Crippen LogP contribution < -0.4 is 4.90 Å². The van der Waals surface area contributed by atoms with Crippen molar-refractivity contribution in [1.29, 1.82) is 0 Å². The first-order valence-corrected chi connectivity index (χ1v) is 9.91. The van der Waals surface area contributed by atoms with Crippen LogP contribution in [0.2, 0.25) is 0 Å². The molecule has 162 valence electrons. The first kappa shape index (κ1) is 20.7. The number of benzene rings is 1. The van der Waals surface area contributed by atoms with Gasteiger partial charge in [0.1, 0.15) is 5.82 Å². The topological polar surface area (TPSA) is 91.4 Å². The highest BCUT2D eigenvalue weighted by Crippen LogP contribution is 2.22. The maximum atomic E-state index is 12.9. The highest BCUT2D eigenvalue weighted by atomic mass is 19.3. The number of anilines is 1. The summed E-state index contributed by atoms with van der Waals surface area (Å²) in [6, 6.07) is 8.15. The van der Waals surface area contributed by atoms with Gasteiger partial charge in [-0.15, -0.1) is 0 Å². The Kier molecular flexibility index (Phi) is 5.79. The first-order chi connectivity index (χ1) is 15.0. The number of amides is 1. The number of nitrogens with one attached hydrogen (secondary N) is 1. The molecule has 0 bridgehead atoms. The number of H-pyrrole nitrogens is 1. The molecule has 31 heavy (non-hydrogen) atoms. The molecule has 3 aromatic rings. The van der Waals surface area contributed by atoms with E-state index in [1.54, 1.807) is 42.2 Å². The number of alkyl halides is 2. The molecular weight excluding hydrogens is 408 g/mol. The minimum atomic E-state index is -2.69. The first-order valence-electron chi connectivity index (χ1n) is 9.91. The zero-order valence-electron chi connectivity index (χ0n) is 16.8. The smallest absolute Gasteiger partial charge is 0.339 e. The van der Waals surface area contributed by atoms with E-state index in [0.717, 1.165) is 5.82 Å². The van der Waals surface area contributed by atoms with Crippen molar-refractivity contribution in [1.82, 2.24) is 19.9 Å². The monoisotopic (exact) mass is 429 g/mol. The van der Waals surface area contributed by atoms with E-state index >= 15 is 0 Å². The van der Waals surface area contributed by atoms with Crippen LogP contribution in [0.15, 0.2) is 36.5 Å². The van der Waals surface area contributed by atoms with Crippen molar-refractivity contribution in [3.05, 3.63) is 53.5 Å². The number of hydrogen-bond donors (Lipinski definition) is 1. The van der Waals surface area contributed by atoms with E-state index in [0.29, 0.717) is 54.9 Å². The number of pyridine rings is 1. The molecule has 0 unspecified atom stereocenters. The van der Waals surface area contributed by atoms with Crippen molar-refractivity contribution in [2.75, 3.05) is 37.7 Å². The lowest BCUT2D eigenvalue weighted by Gasteiger charge is -2.35. The van der Waals surface area contributed by atoms with Gasteiger partial charge in [-0.2, -0.15) is 0 Å². The van der Waals surface area contributed by atoms with Crippen molar-refractivity contribution >= 4 is 28.7 Å². The molecule has 1 aliphatic heterocycles. The number of aromatic amines is 1. The predicted octanol–water partition coefficient (Wildman–Crippen LogP) is 3.03. The van der Waals surface area contributed by atoms with Gasteiger partial charge < -0.3 is 19.5 Å². The molecule has 0 spiro atoms. The number of ether oxygens (including phenoxy) is 1. The Labute approximate surface area is 176 Å². The number of piperazine rings is 1. The second-order valence-corrected chi connectivity index (χ2v) is 7.06. The molecule has 10 heteroatoms. The van der Waals surface area contributed by atoms with Gasteiger partial charge in [-0.25, -0.2) is 23.5 Å². The molecule has 0 aliphatic carbocycles. The van der Waals surface area contributed by atoms with E-state index in [9.17, 15) is 18.4 Å². The fourth-order valence-corrected chi connectivity index (χ4v) is 3.50. The molecule has 3 heterocycles. The average molecular weight is 429 g/mol. The molecule has 1 aromatic carbocycles. The van der Waals surface area contributed by atoms with E-state index < -0.39 is 18.2 Å². The summed E-state index contributed by atoms with van der Waals surface area (Å²) in [5, 5.41) is 0. The molecule has 1 N–H and O–H groups in total. The van der Waals surface area contributed by atoms with E-state index in [2.05, 4.69) is 15.0 Å². The third-order valence-electron chi connectivity index (χ3n) is 5.10. The zero-order valence-corrected chi connectivity index (χ0v) is 16.8. The third kappa shape index (κ3) is 4.32. The van der Waals surface area contributed by atoms with Gasteiger partial charge in [0.15, 0.2) is 5.82 Å². The van der Waals surface area contributed by atoms with Crippen molar-refractivity contribution in [3.63, 3.8) is 0 Å². The van der Waals surface area contributed by atoms with Gasteiger partial charge >= 0.3 is 5.97 Å². The van der Waals surface area contributed by atoms with Crippen LogP contribution in [0.4, 0.5) is 14.6 Å². The summed E-state index contributed by atoms with van der Waals surface area (Å²) >= 11 is 0. The van der Waals surface area contributed by atoms with Gasteiger partial charge in [-0.3, -0.25) is 4.79 Å². The molecule has 4 rings (SSSR count). The second kappa shape index (κ2) is 8.66. The van der Waals surface area contributed by atoms with Gasteiger partial charge in [-0.1, -0.05) is 0 Å². The van der Waals surface area contributed by atoms with Crippen molar-refractivity contribution < 1.29 is 23.1 Å². The van der Waals surface area contributed by atoms with Crippen LogP contribution in [0.1, 0.15) is 39.9 Å². The van der Waals surface area contributed by atoms with Gasteiger partial charge in [0.2, 0.25) is 0 Å². The Morgan fingerprint density at radius 2 is 1.87 bits per heavy atom. The normalized spacial score (nSPS) is 14.3. The summed E-state index contributed by atoms with van der Waals surface area (Å²) in [5.74, 6) is -0.263. The molecule has 1 aliphatic rings.